The molecule has 1 unspecified atom stereocenters. The van der Waals surface area contributed by atoms with E-state index in [9.17, 15) is 0 Å². The lowest BCUT2D eigenvalue weighted by Gasteiger charge is -2.36. The molecule has 106 valence electrons. The molecule has 3 heteroatoms. The van der Waals surface area contributed by atoms with Crippen LogP contribution in [0.5, 0.6) is 0 Å². The van der Waals surface area contributed by atoms with E-state index in [1.54, 1.807) is 0 Å². The lowest BCUT2D eigenvalue weighted by molar-refractivity contribution is 0.143. The fourth-order valence-corrected chi connectivity index (χ4v) is 3.03. The Hall–Kier alpha value is -1.45. The van der Waals surface area contributed by atoms with Gasteiger partial charge in [0.1, 0.15) is 0 Å². The third kappa shape index (κ3) is 3.00. The second-order valence-corrected chi connectivity index (χ2v) is 5.61. The molecule has 0 amide bonds. The molecule has 1 fully saturated rings. The van der Waals surface area contributed by atoms with Gasteiger partial charge in [-0.15, -0.1) is 0 Å². The first-order chi connectivity index (χ1) is 9.86. The Morgan fingerprint density at radius 1 is 1.25 bits per heavy atom. The minimum absolute atomic E-state index is 0.655. The van der Waals surface area contributed by atoms with Gasteiger partial charge in [0.2, 0.25) is 0 Å². The van der Waals surface area contributed by atoms with Gasteiger partial charge in [0.25, 0.3) is 0 Å². The number of aromatic nitrogens is 1. The summed E-state index contributed by atoms with van der Waals surface area (Å²) in [7, 11) is 0. The highest BCUT2D eigenvalue weighted by Crippen LogP contribution is 2.16. The molecule has 0 aliphatic carbocycles. The summed E-state index contributed by atoms with van der Waals surface area (Å²) >= 11 is 0. The summed E-state index contributed by atoms with van der Waals surface area (Å²) in [6.45, 7) is 6.56. The van der Waals surface area contributed by atoms with Crippen molar-refractivity contribution in [2.45, 2.75) is 32.4 Å². The quantitative estimate of drug-likeness (QED) is 0.925. The Morgan fingerprint density at radius 3 is 3.05 bits per heavy atom. The number of benzene rings is 1. The van der Waals surface area contributed by atoms with Gasteiger partial charge in [0.15, 0.2) is 0 Å². The van der Waals surface area contributed by atoms with E-state index in [0.29, 0.717) is 6.04 Å². The molecule has 1 N–H and O–H groups in total. The predicted molar refractivity (Wildman–Crippen MR) is 83.7 cm³/mol. The minimum Gasteiger partial charge on any atom is -0.314 e. The molecule has 1 aliphatic rings. The molecule has 0 bridgehead atoms. The van der Waals surface area contributed by atoms with Crippen molar-refractivity contribution in [3.8, 4) is 0 Å². The second-order valence-electron chi connectivity index (χ2n) is 5.61. The Bertz CT molecular complexity index is 565. The van der Waals surface area contributed by atoms with Gasteiger partial charge in [-0.2, -0.15) is 0 Å². The van der Waals surface area contributed by atoms with Crippen molar-refractivity contribution in [3.63, 3.8) is 0 Å². The number of fused-ring (bicyclic) bond motifs is 1. The van der Waals surface area contributed by atoms with Crippen molar-refractivity contribution < 1.29 is 0 Å². The maximum atomic E-state index is 4.80. The molecule has 1 saturated heterocycles. The Morgan fingerprint density at radius 2 is 2.15 bits per heavy atom. The van der Waals surface area contributed by atoms with E-state index < -0.39 is 0 Å². The van der Waals surface area contributed by atoms with Gasteiger partial charge in [0.05, 0.1) is 11.2 Å². The largest absolute Gasteiger partial charge is 0.314 e. The lowest BCUT2D eigenvalue weighted by atomic mass is 10.1. The molecule has 0 radical (unpaired) electrons. The molecule has 1 aromatic carbocycles. The van der Waals surface area contributed by atoms with Crippen LogP contribution in [-0.4, -0.2) is 35.6 Å². The van der Waals surface area contributed by atoms with Gasteiger partial charge in [0, 0.05) is 37.6 Å². The van der Waals surface area contributed by atoms with Crippen LogP contribution in [0.1, 0.15) is 25.5 Å². The number of nitrogens with one attached hydrogen (secondary N) is 1. The van der Waals surface area contributed by atoms with Crippen LogP contribution in [0.4, 0.5) is 0 Å². The zero-order chi connectivity index (χ0) is 13.8. The Labute approximate surface area is 121 Å². The number of piperazine rings is 1. The van der Waals surface area contributed by atoms with E-state index >= 15 is 0 Å². The number of pyridine rings is 1. The molecule has 0 saturated carbocycles. The van der Waals surface area contributed by atoms with Gasteiger partial charge in [-0.3, -0.25) is 9.88 Å². The van der Waals surface area contributed by atoms with Crippen molar-refractivity contribution in [1.82, 2.24) is 15.2 Å². The summed E-state index contributed by atoms with van der Waals surface area (Å²) in [5.74, 6) is 0. The Balaban J connectivity index is 1.77. The van der Waals surface area contributed by atoms with Gasteiger partial charge < -0.3 is 5.32 Å². The molecule has 0 spiro atoms. The fourth-order valence-electron chi connectivity index (χ4n) is 3.03. The summed E-state index contributed by atoms with van der Waals surface area (Å²) in [6.07, 6.45) is 2.51. The smallest absolute Gasteiger partial charge is 0.0705 e. The summed E-state index contributed by atoms with van der Waals surface area (Å²) < 4.78 is 0. The van der Waals surface area contributed by atoms with Crippen molar-refractivity contribution in [3.05, 3.63) is 42.1 Å². The maximum Gasteiger partial charge on any atom is 0.0705 e. The molecule has 2 aromatic rings. The third-order valence-corrected chi connectivity index (χ3v) is 4.12. The van der Waals surface area contributed by atoms with Gasteiger partial charge in [-0.1, -0.05) is 37.6 Å². The second kappa shape index (κ2) is 6.33. The van der Waals surface area contributed by atoms with Crippen LogP contribution in [0.15, 0.2) is 36.4 Å². The predicted octanol–water partition coefficient (Wildman–Crippen LogP) is 2.81. The van der Waals surface area contributed by atoms with E-state index in [2.05, 4.69) is 53.5 Å². The van der Waals surface area contributed by atoms with Crippen molar-refractivity contribution in [2.24, 2.45) is 0 Å². The molecule has 3 nitrogen and oxygen atoms in total. The van der Waals surface area contributed by atoms with Crippen molar-refractivity contribution >= 4 is 10.9 Å². The SMILES string of the molecule is CCCC1CNCCN1Cc1ccc2ccccc2n1. The highest BCUT2D eigenvalue weighted by molar-refractivity contribution is 5.78. The van der Waals surface area contributed by atoms with E-state index in [-0.39, 0.29) is 0 Å². The average Bonchev–Trinajstić information content (AvgIpc) is 2.49. The van der Waals surface area contributed by atoms with Gasteiger partial charge in [-0.25, -0.2) is 0 Å². The first-order valence-corrected chi connectivity index (χ1v) is 7.66. The van der Waals surface area contributed by atoms with E-state index in [0.717, 1.165) is 31.7 Å². The first kappa shape index (κ1) is 13.5. The standard InChI is InChI=1S/C17H23N3/c1-2-5-16-12-18-10-11-20(16)13-15-9-8-14-6-3-4-7-17(14)19-15/h3-4,6-9,16,18H,2,5,10-13H2,1H3. The average molecular weight is 269 g/mol. The topological polar surface area (TPSA) is 28.2 Å². The van der Waals surface area contributed by atoms with E-state index in [1.165, 1.54) is 23.9 Å². The van der Waals surface area contributed by atoms with Crippen LogP contribution in [0, 0.1) is 0 Å². The normalized spacial score (nSPS) is 20.4. The number of para-hydroxylation sites is 1. The molecule has 1 atom stereocenters. The minimum atomic E-state index is 0.655. The number of rotatable bonds is 4. The highest BCUT2D eigenvalue weighted by Gasteiger charge is 2.21. The lowest BCUT2D eigenvalue weighted by Crippen LogP contribution is -2.50. The summed E-state index contributed by atoms with van der Waals surface area (Å²) in [6, 6.07) is 13.4. The number of nitrogens with zero attached hydrogens (tertiary/aromatic N) is 2. The fraction of sp³-hybridized carbons (Fsp3) is 0.471. The van der Waals surface area contributed by atoms with Crippen LogP contribution >= 0.6 is 0 Å². The third-order valence-electron chi connectivity index (χ3n) is 4.12. The van der Waals surface area contributed by atoms with Crippen LogP contribution in [0.25, 0.3) is 10.9 Å². The van der Waals surface area contributed by atoms with Crippen LogP contribution in [0.2, 0.25) is 0 Å². The van der Waals surface area contributed by atoms with Crippen LogP contribution in [0.3, 0.4) is 0 Å². The number of hydrogen-bond acceptors (Lipinski definition) is 3. The summed E-state index contributed by atoms with van der Waals surface area (Å²) in [5, 5.41) is 4.73. The van der Waals surface area contributed by atoms with Crippen LogP contribution in [-0.2, 0) is 6.54 Å². The monoisotopic (exact) mass is 269 g/mol. The van der Waals surface area contributed by atoms with Crippen LogP contribution < -0.4 is 5.32 Å². The molecule has 2 heterocycles. The van der Waals surface area contributed by atoms with E-state index in [4.69, 9.17) is 4.98 Å². The molecular formula is C17H23N3. The maximum absolute atomic E-state index is 4.80. The van der Waals surface area contributed by atoms with Crippen molar-refractivity contribution in [2.75, 3.05) is 19.6 Å². The van der Waals surface area contributed by atoms with Crippen molar-refractivity contribution in [1.29, 1.82) is 0 Å². The molecule has 20 heavy (non-hydrogen) atoms. The molecule has 1 aliphatic heterocycles. The summed E-state index contributed by atoms with van der Waals surface area (Å²) in [5.41, 5.74) is 2.29. The zero-order valence-corrected chi connectivity index (χ0v) is 12.2. The zero-order valence-electron chi connectivity index (χ0n) is 12.2. The Kier molecular flexibility index (Phi) is 4.28. The van der Waals surface area contributed by atoms with E-state index in [1.807, 2.05) is 0 Å². The van der Waals surface area contributed by atoms with Gasteiger partial charge >= 0.3 is 0 Å². The molecule has 3 rings (SSSR count). The number of hydrogen-bond donors (Lipinski definition) is 1. The first-order valence-electron chi connectivity index (χ1n) is 7.66. The summed E-state index contributed by atoms with van der Waals surface area (Å²) in [4.78, 5) is 7.38. The molecule has 1 aromatic heterocycles. The van der Waals surface area contributed by atoms with Gasteiger partial charge in [-0.05, 0) is 18.6 Å². The molecular weight excluding hydrogens is 246 g/mol. The highest BCUT2D eigenvalue weighted by atomic mass is 15.2.